The predicted octanol–water partition coefficient (Wildman–Crippen LogP) is 1.83. The van der Waals surface area contributed by atoms with Gasteiger partial charge in [-0.05, 0) is 37.8 Å². The molecule has 1 aromatic rings. The van der Waals surface area contributed by atoms with E-state index in [0.717, 1.165) is 36.3 Å². The van der Waals surface area contributed by atoms with Gasteiger partial charge in [-0.25, -0.2) is 0 Å². The van der Waals surface area contributed by atoms with Crippen LogP contribution in [0.15, 0.2) is 6.07 Å². The van der Waals surface area contributed by atoms with Crippen LogP contribution in [0, 0.1) is 6.92 Å². The second kappa shape index (κ2) is 4.34. The van der Waals surface area contributed by atoms with Crippen molar-refractivity contribution in [3.05, 3.63) is 22.8 Å². The van der Waals surface area contributed by atoms with Crippen molar-refractivity contribution in [2.24, 2.45) is 5.73 Å². The third-order valence-electron chi connectivity index (χ3n) is 3.30. The van der Waals surface area contributed by atoms with Gasteiger partial charge in [0, 0.05) is 17.2 Å². The number of fused-ring (bicyclic) bond motifs is 1. The molecule has 0 amide bonds. The minimum atomic E-state index is 0.243. The number of aryl methyl sites for hydroxylation is 1. The third kappa shape index (κ3) is 1.76. The van der Waals surface area contributed by atoms with Crippen molar-refractivity contribution in [2.45, 2.75) is 32.2 Å². The van der Waals surface area contributed by atoms with E-state index in [1.165, 1.54) is 11.1 Å². The summed E-state index contributed by atoms with van der Waals surface area (Å²) in [5.41, 5.74) is 9.64. The molecular formula is C13H19NO2. The van der Waals surface area contributed by atoms with E-state index in [1.807, 2.05) is 6.92 Å². The first kappa shape index (κ1) is 11.3. The van der Waals surface area contributed by atoms with Gasteiger partial charge in [-0.3, -0.25) is 0 Å². The molecule has 0 fully saturated rings. The van der Waals surface area contributed by atoms with E-state index < -0.39 is 0 Å². The largest absolute Gasteiger partial charge is 0.496 e. The molecule has 1 unspecified atom stereocenters. The zero-order chi connectivity index (χ0) is 11.7. The molecule has 16 heavy (non-hydrogen) atoms. The lowest BCUT2D eigenvalue weighted by atomic mass is 9.86. The molecule has 0 aromatic heterocycles. The van der Waals surface area contributed by atoms with Crippen molar-refractivity contribution in [1.29, 1.82) is 0 Å². The van der Waals surface area contributed by atoms with Gasteiger partial charge in [-0.15, -0.1) is 0 Å². The van der Waals surface area contributed by atoms with Crippen LogP contribution in [-0.4, -0.2) is 20.3 Å². The molecule has 0 saturated heterocycles. The van der Waals surface area contributed by atoms with E-state index in [9.17, 15) is 0 Å². The number of rotatable bonds is 2. The van der Waals surface area contributed by atoms with Crippen LogP contribution in [0.25, 0.3) is 0 Å². The van der Waals surface area contributed by atoms with Crippen LogP contribution in [0.3, 0.4) is 0 Å². The fourth-order valence-corrected chi connectivity index (χ4v) is 2.52. The van der Waals surface area contributed by atoms with Gasteiger partial charge in [0.2, 0.25) is 0 Å². The van der Waals surface area contributed by atoms with Crippen molar-refractivity contribution in [1.82, 2.24) is 0 Å². The van der Waals surface area contributed by atoms with Crippen LogP contribution >= 0.6 is 0 Å². The number of methoxy groups -OCH3 is 2. The maximum absolute atomic E-state index is 6.02. The lowest BCUT2D eigenvalue weighted by Crippen LogP contribution is -2.28. The Bertz CT molecular complexity index is 401. The molecular weight excluding hydrogens is 202 g/mol. The lowest BCUT2D eigenvalue weighted by Gasteiger charge is -2.26. The molecule has 1 aromatic carbocycles. The molecule has 0 saturated carbocycles. The summed E-state index contributed by atoms with van der Waals surface area (Å²) in [5, 5.41) is 0. The molecule has 88 valence electrons. The van der Waals surface area contributed by atoms with E-state index in [1.54, 1.807) is 14.2 Å². The highest BCUT2D eigenvalue weighted by atomic mass is 16.5. The zero-order valence-electron chi connectivity index (χ0n) is 10.2. The van der Waals surface area contributed by atoms with Gasteiger partial charge >= 0.3 is 0 Å². The summed E-state index contributed by atoms with van der Waals surface area (Å²) in [5.74, 6) is 1.95. The molecule has 1 aliphatic rings. The molecule has 0 spiro atoms. The molecule has 0 radical (unpaired) electrons. The third-order valence-corrected chi connectivity index (χ3v) is 3.30. The van der Waals surface area contributed by atoms with Crippen molar-refractivity contribution >= 4 is 0 Å². The Morgan fingerprint density at radius 2 is 2.00 bits per heavy atom. The number of nitrogens with two attached hydrogens (primary N) is 1. The summed E-state index contributed by atoms with van der Waals surface area (Å²) in [6, 6.07) is 2.29. The summed E-state index contributed by atoms with van der Waals surface area (Å²) in [6.07, 6.45) is 2.89. The molecule has 3 heteroatoms. The maximum atomic E-state index is 6.02. The van der Waals surface area contributed by atoms with E-state index in [0.29, 0.717) is 0 Å². The Kier molecular flexibility index (Phi) is 3.06. The Hall–Kier alpha value is -1.22. The quantitative estimate of drug-likeness (QED) is 0.828. The van der Waals surface area contributed by atoms with Crippen LogP contribution in [0.2, 0.25) is 0 Å². The summed E-state index contributed by atoms with van der Waals surface area (Å²) in [7, 11) is 3.44. The fraction of sp³-hybridized carbons (Fsp3) is 0.538. The van der Waals surface area contributed by atoms with Crippen LogP contribution in [0.4, 0.5) is 0 Å². The van der Waals surface area contributed by atoms with Gasteiger partial charge in [0.25, 0.3) is 0 Å². The second-order valence-corrected chi connectivity index (χ2v) is 4.39. The molecule has 3 nitrogen and oxygen atoms in total. The van der Waals surface area contributed by atoms with Crippen molar-refractivity contribution in [2.75, 3.05) is 14.2 Å². The average Bonchev–Trinajstić information content (AvgIpc) is 2.27. The van der Waals surface area contributed by atoms with Crippen LogP contribution in [0.5, 0.6) is 11.5 Å². The van der Waals surface area contributed by atoms with Crippen molar-refractivity contribution in [3.63, 3.8) is 0 Å². The Morgan fingerprint density at radius 1 is 1.25 bits per heavy atom. The molecule has 1 aliphatic carbocycles. The van der Waals surface area contributed by atoms with Gasteiger partial charge in [0.05, 0.1) is 14.2 Å². The topological polar surface area (TPSA) is 44.5 Å². The molecule has 0 bridgehead atoms. The SMILES string of the molecule is COc1cc(C)c(OC)c2c1CCC(N)C2. The molecule has 2 rings (SSSR count). The van der Waals surface area contributed by atoms with E-state index in [4.69, 9.17) is 15.2 Å². The van der Waals surface area contributed by atoms with Gasteiger partial charge in [0.1, 0.15) is 11.5 Å². The monoisotopic (exact) mass is 221 g/mol. The number of hydrogen-bond donors (Lipinski definition) is 1. The second-order valence-electron chi connectivity index (χ2n) is 4.39. The van der Waals surface area contributed by atoms with Crippen molar-refractivity contribution < 1.29 is 9.47 Å². The van der Waals surface area contributed by atoms with E-state index in [2.05, 4.69) is 6.07 Å². The summed E-state index contributed by atoms with van der Waals surface area (Å²) >= 11 is 0. The minimum Gasteiger partial charge on any atom is -0.496 e. The van der Waals surface area contributed by atoms with Gasteiger partial charge < -0.3 is 15.2 Å². The highest BCUT2D eigenvalue weighted by Gasteiger charge is 2.23. The average molecular weight is 221 g/mol. The first-order chi connectivity index (χ1) is 7.67. The normalized spacial score (nSPS) is 19.1. The Labute approximate surface area is 96.5 Å². The molecule has 2 N–H and O–H groups in total. The smallest absolute Gasteiger partial charge is 0.125 e. The standard InChI is InChI=1S/C13H19NO2/c1-8-6-12(15-2)10-5-4-9(14)7-11(10)13(8)16-3/h6,9H,4-5,7,14H2,1-3H3. The maximum Gasteiger partial charge on any atom is 0.125 e. The van der Waals surface area contributed by atoms with Crippen LogP contribution < -0.4 is 15.2 Å². The van der Waals surface area contributed by atoms with E-state index in [-0.39, 0.29) is 6.04 Å². The summed E-state index contributed by atoms with van der Waals surface area (Å²) in [6.45, 7) is 2.04. The minimum absolute atomic E-state index is 0.243. The Morgan fingerprint density at radius 3 is 2.62 bits per heavy atom. The van der Waals surface area contributed by atoms with Crippen molar-refractivity contribution in [3.8, 4) is 11.5 Å². The predicted molar refractivity (Wildman–Crippen MR) is 64.3 cm³/mol. The molecule has 1 atom stereocenters. The molecule has 0 aliphatic heterocycles. The van der Waals surface area contributed by atoms with Crippen LogP contribution in [-0.2, 0) is 12.8 Å². The number of hydrogen-bond acceptors (Lipinski definition) is 3. The first-order valence-corrected chi connectivity index (χ1v) is 5.66. The van der Waals surface area contributed by atoms with Crippen LogP contribution in [0.1, 0.15) is 23.1 Å². The fourth-order valence-electron chi connectivity index (χ4n) is 2.52. The first-order valence-electron chi connectivity index (χ1n) is 5.66. The Balaban J connectivity index is 2.58. The summed E-state index contributed by atoms with van der Waals surface area (Å²) in [4.78, 5) is 0. The van der Waals surface area contributed by atoms with Gasteiger partial charge in [-0.2, -0.15) is 0 Å². The zero-order valence-corrected chi connectivity index (χ0v) is 10.2. The molecule has 0 heterocycles. The number of ether oxygens (including phenoxy) is 2. The van der Waals surface area contributed by atoms with Gasteiger partial charge in [0.15, 0.2) is 0 Å². The number of benzene rings is 1. The highest BCUT2D eigenvalue weighted by Crippen LogP contribution is 2.38. The van der Waals surface area contributed by atoms with Gasteiger partial charge in [-0.1, -0.05) is 0 Å². The van der Waals surface area contributed by atoms with E-state index >= 15 is 0 Å². The summed E-state index contributed by atoms with van der Waals surface area (Å²) < 4.78 is 10.9. The lowest BCUT2D eigenvalue weighted by molar-refractivity contribution is 0.383. The highest BCUT2D eigenvalue weighted by molar-refractivity contribution is 5.54.